The van der Waals surface area contributed by atoms with Crippen molar-refractivity contribution in [2.45, 2.75) is 63.8 Å². The number of nitrogens with one attached hydrogen (secondary N) is 2. The summed E-state index contributed by atoms with van der Waals surface area (Å²) >= 11 is 0. The lowest BCUT2D eigenvalue weighted by molar-refractivity contribution is -0.125. The molecule has 4 fully saturated rings. The summed E-state index contributed by atoms with van der Waals surface area (Å²) in [6, 6.07) is 18.2. The van der Waals surface area contributed by atoms with Gasteiger partial charge in [-0.2, -0.15) is 5.10 Å². The highest BCUT2D eigenvalue weighted by atomic mass is 16.2. The quantitative estimate of drug-likeness (QED) is 0.474. The monoisotopic (exact) mass is 443 g/mol. The van der Waals surface area contributed by atoms with Crippen molar-refractivity contribution in [3.63, 3.8) is 0 Å². The zero-order valence-electron chi connectivity index (χ0n) is 19.3. The minimum Gasteiger partial charge on any atom is -0.350 e. The second kappa shape index (κ2) is 9.12. The van der Waals surface area contributed by atoms with Crippen LogP contribution in [0.2, 0.25) is 0 Å². The molecule has 0 atom stereocenters. The largest absolute Gasteiger partial charge is 0.350 e. The van der Waals surface area contributed by atoms with Crippen LogP contribution in [0.4, 0.5) is 0 Å². The summed E-state index contributed by atoms with van der Waals surface area (Å²) in [6.45, 7) is 1.80. The lowest BCUT2D eigenvalue weighted by Crippen LogP contribution is -2.60. The molecular formula is C28H33N3O2. The number of hydrogen-bond donors (Lipinski definition) is 2. The summed E-state index contributed by atoms with van der Waals surface area (Å²) in [5.74, 6) is 2.25. The molecule has 5 heteroatoms. The molecule has 6 rings (SSSR count). The van der Waals surface area contributed by atoms with Crippen molar-refractivity contribution in [3.05, 3.63) is 60.2 Å². The van der Waals surface area contributed by atoms with E-state index < -0.39 is 0 Å². The number of carbonyl (C=O) groups excluding carboxylic acids is 2. The molecule has 0 heterocycles. The van der Waals surface area contributed by atoms with Crippen LogP contribution in [-0.2, 0) is 16.0 Å². The molecular weight excluding hydrogens is 410 g/mol. The molecule has 5 nitrogen and oxygen atoms in total. The molecule has 172 valence electrons. The molecule has 33 heavy (non-hydrogen) atoms. The molecule has 0 spiro atoms. The minimum atomic E-state index is -0.177. The van der Waals surface area contributed by atoms with Gasteiger partial charge in [0.15, 0.2) is 0 Å². The Kier molecular flexibility index (Phi) is 6.05. The third kappa shape index (κ3) is 5.18. The van der Waals surface area contributed by atoms with Crippen molar-refractivity contribution in [1.82, 2.24) is 10.7 Å². The van der Waals surface area contributed by atoms with E-state index in [2.05, 4.69) is 28.0 Å². The second-order valence-electron chi connectivity index (χ2n) is 10.5. The molecule has 2 N–H and O–H groups in total. The highest BCUT2D eigenvalue weighted by Gasteiger charge is 2.51. The van der Waals surface area contributed by atoms with Crippen LogP contribution in [0.15, 0.2) is 59.7 Å². The van der Waals surface area contributed by atoms with E-state index in [4.69, 9.17) is 0 Å². The molecule has 4 aliphatic carbocycles. The van der Waals surface area contributed by atoms with Crippen LogP contribution in [0.1, 0.15) is 57.4 Å². The van der Waals surface area contributed by atoms with Crippen molar-refractivity contribution in [2.75, 3.05) is 0 Å². The van der Waals surface area contributed by atoms with Gasteiger partial charge in [0.2, 0.25) is 11.8 Å². The Bertz CT molecular complexity index is 1010. The van der Waals surface area contributed by atoms with Gasteiger partial charge in [-0.3, -0.25) is 9.59 Å². The van der Waals surface area contributed by atoms with Gasteiger partial charge in [-0.25, -0.2) is 5.43 Å². The third-order valence-electron chi connectivity index (χ3n) is 7.66. The van der Waals surface area contributed by atoms with Crippen molar-refractivity contribution < 1.29 is 9.59 Å². The number of nitrogens with zero attached hydrogens (tertiary/aromatic N) is 1. The second-order valence-corrected chi connectivity index (χ2v) is 10.5. The Balaban J connectivity index is 1.10. The van der Waals surface area contributed by atoms with Crippen LogP contribution in [0.3, 0.4) is 0 Å². The first-order valence-corrected chi connectivity index (χ1v) is 12.2. The third-order valence-corrected chi connectivity index (χ3v) is 7.66. The van der Waals surface area contributed by atoms with E-state index in [-0.39, 0.29) is 30.2 Å². The van der Waals surface area contributed by atoms with Crippen molar-refractivity contribution >= 4 is 17.5 Å². The van der Waals surface area contributed by atoms with Crippen LogP contribution >= 0.6 is 0 Å². The molecule has 2 aromatic rings. The van der Waals surface area contributed by atoms with Crippen molar-refractivity contribution in [3.8, 4) is 11.1 Å². The fourth-order valence-electron chi connectivity index (χ4n) is 6.70. The first kappa shape index (κ1) is 21.9. The molecule has 0 aromatic heterocycles. The minimum absolute atomic E-state index is 0.0152. The SMILES string of the molecule is CC(CC(=O)NC12CC3CC(CC(C3)C1)C2)=NNC(=O)Cc1ccc(-c2ccccc2)cc1. The van der Waals surface area contributed by atoms with E-state index in [9.17, 15) is 9.59 Å². The van der Waals surface area contributed by atoms with Gasteiger partial charge >= 0.3 is 0 Å². The normalized spacial score (nSPS) is 27.9. The van der Waals surface area contributed by atoms with Crippen LogP contribution in [0.25, 0.3) is 11.1 Å². The average Bonchev–Trinajstić information content (AvgIpc) is 2.77. The molecule has 4 saturated carbocycles. The van der Waals surface area contributed by atoms with Gasteiger partial charge in [-0.05, 0) is 79.9 Å². The molecule has 4 aliphatic rings. The van der Waals surface area contributed by atoms with E-state index in [0.717, 1.165) is 53.7 Å². The van der Waals surface area contributed by atoms with Gasteiger partial charge in [0, 0.05) is 11.3 Å². The topological polar surface area (TPSA) is 70.6 Å². The van der Waals surface area contributed by atoms with Crippen molar-refractivity contribution in [1.29, 1.82) is 0 Å². The standard InChI is InChI=1S/C28H33N3O2/c1-19(11-26(32)29-28-16-21-12-22(17-28)14-23(13-21)18-28)30-31-27(33)15-20-7-9-25(10-8-20)24-5-3-2-4-6-24/h2-10,21-23H,11-18H2,1H3,(H,29,32)(H,31,33). The molecule has 0 aliphatic heterocycles. The number of carbonyl (C=O) groups is 2. The summed E-state index contributed by atoms with van der Waals surface area (Å²) in [6.07, 6.45) is 7.98. The molecule has 2 amide bonds. The van der Waals surface area contributed by atoms with E-state index in [1.807, 2.05) is 42.5 Å². The Labute approximate surface area is 196 Å². The molecule has 2 aromatic carbocycles. The van der Waals surface area contributed by atoms with Gasteiger partial charge in [0.05, 0.1) is 12.8 Å². The van der Waals surface area contributed by atoms with E-state index in [0.29, 0.717) is 5.71 Å². The Morgan fingerprint density at radius 1 is 0.848 bits per heavy atom. The summed E-state index contributed by atoms with van der Waals surface area (Å²) in [5, 5.41) is 7.55. The Hall–Kier alpha value is -2.95. The fourth-order valence-corrected chi connectivity index (χ4v) is 6.70. The number of hydrogen-bond acceptors (Lipinski definition) is 3. The fraction of sp³-hybridized carbons (Fsp3) is 0.464. The van der Waals surface area contributed by atoms with Crippen LogP contribution < -0.4 is 10.7 Å². The Morgan fingerprint density at radius 3 is 2.03 bits per heavy atom. The van der Waals surface area contributed by atoms with E-state index in [1.54, 1.807) is 6.92 Å². The summed E-state index contributed by atoms with van der Waals surface area (Å²) in [4.78, 5) is 25.1. The predicted octanol–water partition coefficient (Wildman–Crippen LogP) is 4.86. The van der Waals surface area contributed by atoms with Gasteiger partial charge in [0.1, 0.15) is 0 Å². The maximum Gasteiger partial charge on any atom is 0.244 e. The zero-order valence-corrected chi connectivity index (χ0v) is 19.3. The average molecular weight is 444 g/mol. The lowest BCUT2D eigenvalue weighted by atomic mass is 9.53. The maximum atomic E-state index is 12.7. The van der Waals surface area contributed by atoms with Gasteiger partial charge in [-0.1, -0.05) is 54.6 Å². The number of amides is 2. The predicted molar refractivity (Wildman–Crippen MR) is 130 cm³/mol. The van der Waals surface area contributed by atoms with Gasteiger partial charge < -0.3 is 5.32 Å². The first-order valence-electron chi connectivity index (χ1n) is 12.2. The van der Waals surface area contributed by atoms with Gasteiger partial charge in [0.25, 0.3) is 0 Å². The molecule has 0 saturated heterocycles. The van der Waals surface area contributed by atoms with Crippen LogP contribution in [-0.4, -0.2) is 23.1 Å². The zero-order chi connectivity index (χ0) is 22.8. The number of benzene rings is 2. The lowest BCUT2D eigenvalue weighted by Gasteiger charge is -2.56. The summed E-state index contributed by atoms with van der Waals surface area (Å²) in [5.41, 5.74) is 6.46. The summed E-state index contributed by atoms with van der Waals surface area (Å²) < 4.78 is 0. The maximum absolute atomic E-state index is 12.7. The van der Waals surface area contributed by atoms with Crippen LogP contribution in [0, 0.1) is 17.8 Å². The summed E-state index contributed by atoms with van der Waals surface area (Å²) in [7, 11) is 0. The van der Waals surface area contributed by atoms with E-state index in [1.165, 1.54) is 19.3 Å². The van der Waals surface area contributed by atoms with Gasteiger partial charge in [-0.15, -0.1) is 0 Å². The van der Waals surface area contributed by atoms with Crippen molar-refractivity contribution in [2.24, 2.45) is 22.9 Å². The van der Waals surface area contributed by atoms with Crippen LogP contribution in [0.5, 0.6) is 0 Å². The Morgan fingerprint density at radius 2 is 1.42 bits per heavy atom. The number of rotatable bonds is 7. The van der Waals surface area contributed by atoms with E-state index >= 15 is 0 Å². The molecule has 4 bridgehead atoms. The molecule has 0 unspecified atom stereocenters. The first-order chi connectivity index (χ1) is 16.0. The molecule has 0 radical (unpaired) electrons. The highest BCUT2D eigenvalue weighted by molar-refractivity contribution is 6.00. The highest BCUT2D eigenvalue weighted by Crippen LogP contribution is 2.55. The smallest absolute Gasteiger partial charge is 0.244 e. The number of hydrazone groups is 1.